The average molecular weight is 272 g/mol. The van der Waals surface area contributed by atoms with Gasteiger partial charge in [-0.15, -0.1) is 10.2 Å². The number of amidine groups is 1. The van der Waals surface area contributed by atoms with Crippen molar-refractivity contribution in [2.24, 2.45) is 15.9 Å². The molecule has 0 aliphatic carbocycles. The number of nitrogens with two attached hydrogens (primary N) is 1. The molecule has 3 N–H and O–H groups in total. The van der Waals surface area contributed by atoms with E-state index < -0.39 is 11.9 Å². The Balaban J connectivity index is 5.25. The lowest BCUT2D eigenvalue weighted by atomic mass is 10.2. The summed E-state index contributed by atoms with van der Waals surface area (Å²) in [7, 11) is 3.49. The fourth-order valence-electron chi connectivity index (χ4n) is 0.955. The Morgan fingerprint density at radius 1 is 1.32 bits per heavy atom. The molecule has 0 saturated carbocycles. The third-order valence-electron chi connectivity index (χ3n) is 1.68. The molecule has 0 aromatic carbocycles. The summed E-state index contributed by atoms with van der Waals surface area (Å²) in [5.41, 5.74) is 5.24. The van der Waals surface area contributed by atoms with Crippen LogP contribution >= 0.6 is 0 Å². The SMILES string of the molecule is CCOC(=O)C(/C(N)=N/N=C\N(C)C)=C(/O)OCC. The molecule has 0 fully saturated rings. The van der Waals surface area contributed by atoms with E-state index in [4.69, 9.17) is 15.2 Å². The highest BCUT2D eigenvalue weighted by Crippen LogP contribution is 2.07. The van der Waals surface area contributed by atoms with Gasteiger partial charge in [0.25, 0.3) is 5.95 Å². The quantitative estimate of drug-likeness (QED) is 0.171. The van der Waals surface area contributed by atoms with Crippen LogP contribution in [-0.2, 0) is 14.3 Å². The predicted molar refractivity (Wildman–Crippen MR) is 71.7 cm³/mol. The molecular weight excluding hydrogens is 252 g/mol. The maximum absolute atomic E-state index is 11.7. The Kier molecular flexibility index (Phi) is 7.74. The van der Waals surface area contributed by atoms with Crippen molar-refractivity contribution in [2.75, 3.05) is 27.3 Å². The number of esters is 1. The van der Waals surface area contributed by atoms with Crippen LogP contribution < -0.4 is 5.73 Å². The number of aliphatic hydroxyl groups excluding tert-OH is 1. The molecule has 0 rings (SSSR count). The lowest BCUT2D eigenvalue weighted by Gasteiger charge is -2.08. The fraction of sp³-hybridized carbons (Fsp3) is 0.545. The molecule has 8 nitrogen and oxygen atoms in total. The first-order valence-corrected chi connectivity index (χ1v) is 5.70. The molecule has 8 heteroatoms. The van der Waals surface area contributed by atoms with E-state index in [0.29, 0.717) is 0 Å². The molecule has 0 amide bonds. The van der Waals surface area contributed by atoms with Gasteiger partial charge < -0.3 is 25.2 Å². The summed E-state index contributed by atoms with van der Waals surface area (Å²) in [5, 5.41) is 16.8. The molecule has 0 aliphatic rings. The van der Waals surface area contributed by atoms with Crippen LogP contribution in [0.15, 0.2) is 21.7 Å². The van der Waals surface area contributed by atoms with Gasteiger partial charge in [-0.3, -0.25) is 0 Å². The maximum Gasteiger partial charge on any atom is 0.349 e. The molecule has 0 atom stereocenters. The third-order valence-corrected chi connectivity index (χ3v) is 1.68. The lowest BCUT2D eigenvalue weighted by molar-refractivity contribution is -0.138. The molecule has 0 radical (unpaired) electrons. The lowest BCUT2D eigenvalue weighted by Crippen LogP contribution is -2.25. The molecule has 0 aliphatic heterocycles. The average Bonchev–Trinajstić information content (AvgIpc) is 2.29. The van der Waals surface area contributed by atoms with Crippen LogP contribution in [0.3, 0.4) is 0 Å². The minimum absolute atomic E-state index is 0.135. The minimum Gasteiger partial charge on any atom is -0.480 e. The zero-order chi connectivity index (χ0) is 14.8. The van der Waals surface area contributed by atoms with Crippen LogP contribution in [0.25, 0.3) is 0 Å². The van der Waals surface area contributed by atoms with E-state index in [1.54, 1.807) is 32.8 Å². The van der Waals surface area contributed by atoms with E-state index in [0.717, 1.165) is 0 Å². The number of carbonyl (C=O) groups excluding carboxylic acids is 1. The molecular formula is C11H20N4O4. The number of aliphatic hydroxyl groups is 1. The van der Waals surface area contributed by atoms with Crippen molar-refractivity contribution in [2.45, 2.75) is 13.8 Å². The van der Waals surface area contributed by atoms with Gasteiger partial charge in [0.2, 0.25) is 0 Å². The molecule has 0 spiro atoms. The van der Waals surface area contributed by atoms with E-state index in [1.807, 2.05) is 0 Å². The molecule has 108 valence electrons. The Morgan fingerprint density at radius 2 is 1.89 bits per heavy atom. The van der Waals surface area contributed by atoms with E-state index in [-0.39, 0.29) is 24.6 Å². The summed E-state index contributed by atoms with van der Waals surface area (Å²) in [6.07, 6.45) is 1.38. The van der Waals surface area contributed by atoms with Gasteiger partial charge in [-0.25, -0.2) is 4.79 Å². The van der Waals surface area contributed by atoms with E-state index >= 15 is 0 Å². The van der Waals surface area contributed by atoms with Crippen LogP contribution in [0.5, 0.6) is 0 Å². The molecule has 0 heterocycles. The molecule has 0 aromatic rings. The van der Waals surface area contributed by atoms with Crippen molar-refractivity contribution in [1.29, 1.82) is 0 Å². The number of hydrogen-bond donors (Lipinski definition) is 2. The molecule has 0 aromatic heterocycles. The first-order valence-electron chi connectivity index (χ1n) is 5.70. The second-order valence-corrected chi connectivity index (χ2v) is 3.51. The number of rotatable bonds is 7. The number of carbonyl (C=O) groups is 1. The smallest absolute Gasteiger partial charge is 0.349 e. The largest absolute Gasteiger partial charge is 0.480 e. The van der Waals surface area contributed by atoms with Gasteiger partial charge in [-0.05, 0) is 13.8 Å². The summed E-state index contributed by atoms with van der Waals surface area (Å²) >= 11 is 0. The standard InChI is InChI=1S/C11H20N4O4/c1-5-18-10(16)8(11(17)19-6-2)9(12)14-13-7-15(3)4/h7,16H,5-6H2,1-4H3,(H2,12,14)/b10-8-,13-7-. The van der Waals surface area contributed by atoms with E-state index in [2.05, 4.69) is 10.2 Å². The van der Waals surface area contributed by atoms with Crippen LogP contribution in [0.4, 0.5) is 0 Å². The van der Waals surface area contributed by atoms with Crippen molar-refractivity contribution in [3.05, 3.63) is 11.5 Å². The molecule has 0 saturated heterocycles. The first-order chi connectivity index (χ1) is 8.93. The summed E-state index contributed by atoms with van der Waals surface area (Å²) in [5.74, 6) is -1.75. The van der Waals surface area contributed by atoms with Gasteiger partial charge in [0, 0.05) is 14.1 Å². The second kappa shape index (κ2) is 8.78. The summed E-state index contributed by atoms with van der Waals surface area (Å²) < 4.78 is 9.59. The first kappa shape index (κ1) is 16.8. The Morgan fingerprint density at radius 3 is 2.37 bits per heavy atom. The monoisotopic (exact) mass is 272 g/mol. The second-order valence-electron chi connectivity index (χ2n) is 3.51. The van der Waals surface area contributed by atoms with Crippen molar-refractivity contribution < 1.29 is 19.4 Å². The van der Waals surface area contributed by atoms with E-state index in [1.165, 1.54) is 6.34 Å². The molecule has 19 heavy (non-hydrogen) atoms. The Labute approximate surface area is 112 Å². The van der Waals surface area contributed by atoms with Gasteiger partial charge >= 0.3 is 5.97 Å². The third kappa shape index (κ3) is 6.29. The topological polar surface area (TPSA) is 110 Å². The van der Waals surface area contributed by atoms with Crippen LogP contribution in [0, 0.1) is 0 Å². The van der Waals surface area contributed by atoms with Crippen molar-refractivity contribution in [1.82, 2.24) is 4.90 Å². The van der Waals surface area contributed by atoms with Gasteiger partial charge in [0.1, 0.15) is 6.34 Å². The van der Waals surface area contributed by atoms with Gasteiger partial charge in [-0.2, -0.15) is 0 Å². The number of ether oxygens (including phenoxy) is 2. The van der Waals surface area contributed by atoms with Gasteiger partial charge in [0.05, 0.1) is 13.2 Å². The summed E-state index contributed by atoms with van der Waals surface area (Å²) in [6.45, 7) is 3.58. The number of nitrogens with zero attached hydrogens (tertiary/aromatic N) is 3. The summed E-state index contributed by atoms with van der Waals surface area (Å²) in [6, 6.07) is 0. The van der Waals surface area contributed by atoms with Gasteiger partial charge in [-0.1, -0.05) is 0 Å². The number of hydrogen-bond acceptors (Lipinski definition) is 6. The Hall–Kier alpha value is -2.25. The molecule has 0 unspecified atom stereocenters. The zero-order valence-corrected chi connectivity index (χ0v) is 11.6. The van der Waals surface area contributed by atoms with Crippen molar-refractivity contribution in [3.63, 3.8) is 0 Å². The normalized spacial score (nSPS) is 13.2. The van der Waals surface area contributed by atoms with Gasteiger partial charge in [0.15, 0.2) is 11.4 Å². The highest BCUT2D eigenvalue weighted by Gasteiger charge is 2.22. The fourth-order valence-corrected chi connectivity index (χ4v) is 0.955. The Bertz CT molecular complexity index is 388. The maximum atomic E-state index is 11.7. The highest BCUT2D eigenvalue weighted by atomic mass is 16.6. The minimum atomic E-state index is -0.824. The van der Waals surface area contributed by atoms with Crippen molar-refractivity contribution in [3.8, 4) is 0 Å². The van der Waals surface area contributed by atoms with Crippen LogP contribution in [-0.4, -0.2) is 55.5 Å². The molecule has 0 bridgehead atoms. The van der Waals surface area contributed by atoms with Crippen LogP contribution in [0.2, 0.25) is 0 Å². The summed E-state index contributed by atoms with van der Waals surface area (Å²) in [4.78, 5) is 13.3. The van der Waals surface area contributed by atoms with Crippen LogP contribution in [0.1, 0.15) is 13.8 Å². The highest BCUT2D eigenvalue weighted by molar-refractivity contribution is 6.18. The zero-order valence-electron chi connectivity index (χ0n) is 11.6. The van der Waals surface area contributed by atoms with Crippen molar-refractivity contribution >= 4 is 18.1 Å². The predicted octanol–water partition coefficient (Wildman–Crippen LogP) is 0.218. The van der Waals surface area contributed by atoms with E-state index in [9.17, 15) is 9.90 Å².